The minimum absolute atomic E-state index is 0.165. The summed E-state index contributed by atoms with van der Waals surface area (Å²) in [5.41, 5.74) is 2.29. The molecule has 2 nitrogen and oxygen atoms in total. The van der Waals surface area contributed by atoms with Gasteiger partial charge in [-0.1, -0.05) is 19.9 Å². The first-order valence-corrected chi connectivity index (χ1v) is 8.48. The van der Waals surface area contributed by atoms with E-state index in [9.17, 15) is 5.11 Å². The minimum Gasteiger partial charge on any atom is -0.392 e. The zero-order chi connectivity index (χ0) is 14.7. The Bertz CT molecular complexity index is 522. The van der Waals surface area contributed by atoms with Gasteiger partial charge in [-0.25, -0.2) is 0 Å². The van der Waals surface area contributed by atoms with Gasteiger partial charge in [-0.3, -0.25) is 4.98 Å². The van der Waals surface area contributed by atoms with Crippen LogP contribution in [0.3, 0.4) is 0 Å². The lowest BCUT2D eigenvalue weighted by molar-refractivity contribution is -0.185. The quantitative estimate of drug-likeness (QED) is 0.911. The van der Waals surface area contributed by atoms with Crippen LogP contribution in [0.5, 0.6) is 0 Å². The first-order valence-electron chi connectivity index (χ1n) is 8.48. The summed E-state index contributed by atoms with van der Waals surface area (Å²) in [7, 11) is 0. The molecule has 1 aromatic rings. The molecule has 21 heavy (non-hydrogen) atoms. The van der Waals surface area contributed by atoms with E-state index in [1.165, 1.54) is 44.1 Å². The number of hydrogen-bond acceptors (Lipinski definition) is 2. The fourth-order valence-corrected chi connectivity index (χ4v) is 6.87. The Morgan fingerprint density at radius 1 is 1.19 bits per heavy atom. The van der Waals surface area contributed by atoms with E-state index < -0.39 is 0 Å². The summed E-state index contributed by atoms with van der Waals surface area (Å²) in [4.78, 5) is 4.20. The summed E-state index contributed by atoms with van der Waals surface area (Å²) in [6, 6.07) is 4.07. The van der Waals surface area contributed by atoms with Gasteiger partial charge < -0.3 is 5.11 Å². The molecule has 1 heterocycles. The van der Waals surface area contributed by atoms with E-state index in [0.717, 1.165) is 12.3 Å². The molecule has 0 aromatic carbocycles. The number of aliphatic hydroxyl groups excluding tert-OH is 1. The maximum absolute atomic E-state index is 11.1. The molecule has 0 radical (unpaired) electrons. The van der Waals surface area contributed by atoms with Gasteiger partial charge in [0.2, 0.25) is 0 Å². The van der Waals surface area contributed by atoms with Crippen molar-refractivity contribution in [3.8, 4) is 0 Å². The Hall–Kier alpha value is -0.890. The van der Waals surface area contributed by atoms with E-state index in [1.54, 1.807) is 0 Å². The fraction of sp³-hybridized carbons (Fsp3) is 0.737. The van der Waals surface area contributed by atoms with Gasteiger partial charge in [0.05, 0.1) is 6.10 Å². The molecule has 0 amide bonds. The summed E-state index contributed by atoms with van der Waals surface area (Å²) in [6.45, 7) is 4.95. The number of rotatable bonds is 3. The Morgan fingerprint density at radius 2 is 1.90 bits per heavy atom. The van der Waals surface area contributed by atoms with Gasteiger partial charge in [0, 0.05) is 18.8 Å². The van der Waals surface area contributed by atoms with Gasteiger partial charge in [0.25, 0.3) is 0 Å². The third kappa shape index (κ3) is 2.23. The first kappa shape index (κ1) is 13.8. The van der Waals surface area contributed by atoms with Crippen LogP contribution in [-0.2, 0) is 6.42 Å². The van der Waals surface area contributed by atoms with E-state index in [1.807, 2.05) is 18.5 Å². The van der Waals surface area contributed by atoms with Crippen LogP contribution in [0.1, 0.15) is 57.9 Å². The molecule has 4 bridgehead atoms. The van der Waals surface area contributed by atoms with E-state index in [2.05, 4.69) is 24.9 Å². The average Bonchev–Trinajstić information content (AvgIpc) is 2.35. The summed E-state index contributed by atoms with van der Waals surface area (Å²) < 4.78 is 0. The third-order valence-electron chi connectivity index (χ3n) is 6.53. The second-order valence-corrected chi connectivity index (χ2v) is 9.07. The Balaban J connectivity index is 1.62. The summed E-state index contributed by atoms with van der Waals surface area (Å²) in [5.74, 6) is 0.847. The van der Waals surface area contributed by atoms with Gasteiger partial charge in [0.1, 0.15) is 0 Å². The molecule has 4 aliphatic rings. The molecule has 3 unspecified atom stereocenters. The van der Waals surface area contributed by atoms with Crippen LogP contribution >= 0.6 is 0 Å². The maximum atomic E-state index is 11.1. The van der Waals surface area contributed by atoms with Gasteiger partial charge in [-0.05, 0) is 72.3 Å². The zero-order valence-electron chi connectivity index (χ0n) is 13.3. The van der Waals surface area contributed by atoms with Crippen molar-refractivity contribution < 1.29 is 5.11 Å². The summed E-state index contributed by atoms with van der Waals surface area (Å²) in [5, 5.41) is 11.1. The van der Waals surface area contributed by atoms with E-state index in [0.29, 0.717) is 10.8 Å². The van der Waals surface area contributed by atoms with Gasteiger partial charge >= 0.3 is 0 Å². The van der Waals surface area contributed by atoms with Crippen molar-refractivity contribution in [3.63, 3.8) is 0 Å². The topological polar surface area (TPSA) is 33.1 Å². The SMILES string of the molecule is CC12CC3CC(C)(C1)CC(C(O)Cc1cccnc1)(C3)C2. The normalized spacial score (nSPS) is 45.8. The van der Waals surface area contributed by atoms with Crippen molar-refractivity contribution in [2.45, 2.75) is 64.9 Å². The first-order chi connectivity index (χ1) is 9.91. The van der Waals surface area contributed by atoms with E-state index in [-0.39, 0.29) is 11.5 Å². The van der Waals surface area contributed by atoms with Gasteiger partial charge in [-0.2, -0.15) is 0 Å². The second-order valence-electron chi connectivity index (χ2n) is 9.07. The summed E-state index contributed by atoms with van der Waals surface area (Å²) in [6.07, 6.45) is 12.2. The molecule has 0 spiro atoms. The summed E-state index contributed by atoms with van der Waals surface area (Å²) >= 11 is 0. The Morgan fingerprint density at radius 3 is 2.48 bits per heavy atom. The van der Waals surface area contributed by atoms with E-state index >= 15 is 0 Å². The highest BCUT2D eigenvalue weighted by Gasteiger charge is 2.61. The number of hydrogen-bond donors (Lipinski definition) is 1. The highest BCUT2D eigenvalue weighted by molar-refractivity contribution is 5.16. The molecular weight excluding hydrogens is 258 g/mol. The highest BCUT2D eigenvalue weighted by atomic mass is 16.3. The highest BCUT2D eigenvalue weighted by Crippen LogP contribution is 2.70. The molecule has 0 aliphatic heterocycles. The molecule has 1 N–H and O–H groups in total. The van der Waals surface area contributed by atoms with Crippen LogP contribution in [0.25, 0.3) is 0 Å². The number of nitrogens with zero attached hydrogens (tertiary/aromatic N) is 1. The molecule has 4 aliphatic carbocycles. The molecule has 114 valence electrons. The third-order valence-corrected chi connectivity index (χ3v) is 6.53. The van der Waals surface area contributed by atoms with Crippen LogP contribution in [0, 0.1) is 22.2 Å². The van der Waals surface area contributed by atoms with Crippen LogP contribution < -0.4 is 0 Å². The molecule has 2 heteroatoms. The largest absolute Gasteiger partial charge is 0.392 e. The lowest BCUT2D eigenvalue weighted by Crippen LogP contribution is -2.59. The molecule has 1 aromatic heterocycles. The van der Waals surface area contributed by atoms with Crippen molar-refractivity contribution >= 4 is 0 Å². The monoisotopic (exact) mass is 285 g/mol. The van der Waals surface area contributed by atoms with Crippen molar-refractivity contribution in [3.05, 3.63) is 30.1 Å². The molecular formula is C19H27NO. The zero-order valence-corrected chi connectivity index (χ0v) is 13.3. The Kier molecular flexibility index (Phi) is 2.83. The molecule has 0 saturated heterocycles. The van der Waals surface area contributed by atoms with E-state index in [4.69, 9.17) is 0 Å². The smallest absolute Gasteiger partial charge is 0.0637 e. The predicted molar refractivity (Wildman–Crippen MR) is 83.8 cm³/mol. The second kappa shape index (κ2) is 4.32. The molecule has 3 atom stereocenters. The molecule has 4 saturated carbocycles. The van der Waals surface area contributed by atoms with Crippen molar-refractivity contribution in [2.24, 2.45) is 22.2 Å². The van der Waals surface area contributed by atoms with Gasteiger partial charge in [-0.15, -0.1) is 0 Å². The van der Waals surface area contributed by atoms with Crippen molar-refractivity contribution in [2.75, 3.05) is 0 Å². The van der Waals surface area contributed by atoms with Crippen LogP contribution in [0.2, 0.25) is 0 Å². The lowest BCUT2D eigenvalue weighted by Gasteiger charge is -2.66. The van der Waals surface area contributed by atoms with Crippen LogP contribution in [0.4, 0.5) is 0 Å². The van der Waals surface area contributed by atoms with Crippen LogP contribution in [0.15, 0.2) is 24.5 Å². The fourth-order valence-electron chi connectivity index (χ4n) is 6.87. The number of aliphatic hydroxyl groups is 1. The molecule has 5 rings (SSSR count). The van der Waals surface area contributed by atoms with Gasteiger partial charge in [0.15, 0.2) is 0 Å². The minimum atomic E-state index is -0.205. The standard InChI is InChI=1S/C19H27NO/c1-17-7-15-8-18(2,11-17)13-19(9-15,12-17)16(21)6-14-4-3-5-20-10-14/h3-5,10,15-16,21H,6-9,11-13H2,1-2H3. The number of aromatic nitrogens is 1. The maximum Gasteiger partial charge on any atom is 0.0637 e. The Labute approximate surface area is 128 Å². The van der Waals surface area contributed by atoms with Crippen molar-refractivity contribution in [1.82, 2.24) is 4.98 Å². The molecule has 4 fully saturated rings. The predicted octanol–water partition coefficient (Wildman–Crippen LogP) is 3.98. The van der Waals surface area contributed by atoms with Crippen LogP contribution in [-0.4, -0.2) is 16.2 Å². The van der Waals surface area contributed by atoms with Crippen molar-refractivity contribution in [1.29, 1.82) is 0 Å². The lowest BCUT2D eigenvalue weighted by atomic mass is 9.39. The number of pyridine rings is 1. The average molecular weight is 285 g/mol.